The predicted octanol–water partition coefficient (Wildman–Crippen LogP) is 7.01. The van der Waals surface area contributed by atoms with E-state index in [1.54, 1.807) is 0 Å². The number of nitrogens with zero attached hydrogens (tertiary/aromatic N) is 3. The molecule has 0 bridgehead atoms. The van der Waals surface area contributed by atoms with Gasteiger partial charge in [-0.15, -0.1) is 5.11 Å². The van der Waals surface area contributed by atoms with E-state index in [1.807, 2.05) is 26.0 Å². The molecule has 0 aromatic heterocycles. The van der Waals surface area contributed by atoms with E-state index in [0.717, 1.165) is 44.1 Å². The molecule has 50 heavy (non-hydrogen) atoms. The van der Waals surface area contributed by atoms with Crippen LogP contribution in [0.1, 0.15) is 78.6 Å². The zero-order valence-electron chi connectivity index (χ0n) is 28.7. The Morgan fingerprint density at radius 2 is 1.38 bits per heavy atom. The van der Waals surface area contributed by atoms with E-state index in [1.165, 1.54) is 62.4 Å². The molecule has 0 aliphatic rings. The maximum atomic E-state index is 13.4. The van der Waals surface area contributed by atoms with Crippen molar-refractivity contribution in [1.82, 2.24) is 9.62 Å². The van der Waals surface area contributed by atoms with Crippen LogP contribution in [0.5, 0.6) is 5.75 Å². The molecule has 4 N–H and O–H groups in total. The van der Waals surface area contributed by atoms with Gasteiger partial charge in [-0.1, -0.05) is 102 Å². The lowest BCUT2D eigenvalue weighted by atomic mass is 10.1. The van der Waals surface area contributed by atoms with E-state index >= 15 is 0 Å². The topological polar surface area (TPSA) is 204 Å². The third kappa shape index (κ3) is 15.2. The highest BCUT2D eigenvalue weighted by Crippen LogP contribution is 2.42. The van der Waals surface area contributed by atoms with Gasteiger partial charge in [0.25, 0.3) is 0 Å². The zero-order chi connectivity index (χ0) is 36.8. The van der Waals surface area contributed by atoms with Gasteiger partial charge in [-0.05, 0) is 63.3 Å². The molecule has 0 amide bonds. The standard InChI is InChI=1S/C29H40ClN5O7S3.C3H9N.CH4/c1-3-4-5-6-7-8-9-10-11-12-18-32-45(41,42)27-20-25(34-33-21-16-17-23(30)26(19-21)44(31,39)40)28-22(29(27)36)14-13-15-24(28)35-43(2,37)38;1-4(2)3;/h13-17,19-20,32,35-36H,3-12,18H2,1-2H3,(H2,31,39,40);1-3H3;1H4/p-1. The number of unbranched alkanes of at least 4 members (excludes halogenated alkanes) is 9. The Labute approximate surface area is 303 Å². The molecule has 0 aliphatic heterocycles. The first kappa shape index (κ1) is 45.2. The van der Waals surface area contributed by atoms with Crippen LogP contribution in [0.3, 0.4) is 0 Å². The molecule has 282 valence electrons. The van der Waals surface area contributed by atoms with Crippen LogP contribution in [0.4, 0.5) is 17.1 Å². The van der Waals surface area contributed by atoms with Crippen molar-refractivity contribution in [3.8, 4) is 5.75 Å². The van der Waals surface area contributed by atoms with E-state index in [9.17, 15) is 30.4 Å². The van der Waals surface area contributed by atoms with E-state index in [4.69, 9.17) is 16.7 Å². The van der Waals surface area contributed by atoms with Crippen LogP contribution in [0, 0.1) is 0 Å². The van der Waals surface area contributed by atoms with Crippen molar-refractivity contribution in [2.24, 2.45) is 15.4 Å². The largest absolute Gasteiger partial charge is 0.871 e. The fourth-order valence-electron chi connectivity index (χ4n) is 4.76. The van der Waals surface area contributed by atoms with Gasteiger partial charge in [0.1, 0.15) is 4.90 Å². The molecular formula is C33H52ClN6O7S3-. The minimum Gasteiger partial charge on any atom is -0.871 e. The second-order valence-corrected chi connectivity index (χ2v) is 17.5. The first-order chi connectivity index (χ1) is 22.9. The Morgan fingerprint density at radius 1 is 0.820 bits per heavy atom. The Hall–Kier alpha value is -2.86. The monoisotopic (exact) mass is 775 g/mol. The van der Waals surface area contributed by atoms with Gasteiger partial charge in [0.15, 0.2) is 0 Å². The smallest absolute Gasteiger partial charge is 0.240 e. The molecular weight excluding hydrogens is 724 g/mol. The molecule has 0 saturated carbocycles. The fourth-order valence-corrected chi connectivity index (χ4v) is 7.58. The molecule has 0 fully saturated rings. The summed E-state index contributed by atoms with van der Waals surface area (Å²) in [4.78, 5) is 1.01. The summed E-state index contributed by atoms with van der Waals surface area (Å²) < 4.78 is 79.3. The molecule has 3 aromatic carbocycles. The molecule has 13 nitrogen and oxygen atoms in total. The highest BCUT2D eigenvalue weighted by atomic mass is 35.5. The molecule has 3 rings (SSSR count). The highest BCUT2D eigenvalue weighted by Gasteiger charge is 2.21. The molecule has 0 aliphatic carbocycles. The second kappa shape index (κ2) is 20.9. The molecule has 3 aromatic rings. The first-order valence-corrected chi connectivity index (χ1v) is 21.3. The third-order valence-corrected chi connectivity index (χ3v) is 10.4. The van der Waals surface area contributed by atoms with Gasteiger partial charge in [0.2, 0.25) is 30.1 Å². The summed E-state index contributed by atoms with van der Waals surface area (Å²) in [5.41, 5.74) is -0.174. The maximum absolute atomic E-state index is 13.4. The number of fused-ring (bicyclic) bond motifs is 1. The average Bonchev–Trinajstić information content (AvgIpc) is 2.98. The highest BCUT2D eigenvalue weighted by molar-refractivity contribution is 7.92. The molecule has 0 unspecified atom stereocenters. The van der Waals surface area contributed by atoms with Crippen LogP contribution in [-0.2, 0) is 30.1 Å². The number of nitrogens with one attached hydrogen (secondary N) is 2. The third-order valence-electron chi connectivity index (χ3n) is 6.96. The molecule has 0 saturated heterocycles. The van der Waals surface area contributed by atoms with E-state index < -0.39 is 45.6 Å². The number of nitrogens with two attached hydrogens (primary N) is 1. The number of hydrogen-bond acceptors (Lipinski definition) is 10. The first-order valence-electron chi connectivity index (χ1n) is 16.0. The lowest BCUT2D eigenvalue weighted by Gasteiger charge is -2.20. The van der Waals surface area contributed by atoms with Gasteiger partial charge < -0.3 is 10.0 Å². The quantitative estimate of drug-likeness (QED) is 0.0903. The molecule has 0 radical (unpaired) electrons. The van der Waals surface area contributed by atoms with Crippen molar-refractivity contribution in [3.63, 3.8) is 0 Å². The Kier molecular flexibility index (Phi) is 18.8. The SMILES string of the molecule is C.CCCCCCCCCCCCNS(=O)(=O)c1cc(N=Nc2ccc(Cl)c(S(N)(=O)=O)c2)c2c(NS(C)(=O)=O)cccc2c1[O-].CN(C)C. The minimum atomic E-state index is -4.29. The van der Waals surface area contributed by atoms with Crippen LogP contribution in [-0.4, -0.2) is 64.1 Å². The lowest BCUT2D eigenvalue weighted by Crippen LogP contribution is -2.25. The average molecular weight is 776 g/mol. The van der Waals surface area contributed by atoms with E-state index in [2.05, 4.69) is 26.6 Å². The summed E-state index contributed by atoms with van der Waals surface area (Å²) in [5.74, 6) is -0.848. The van der Waals surface area contributed by atoms with Gasteiger partial charge in [-0.25, -0.2) is 35.1 Å². The number of rotatable bonds is 18. The van der Waals surface area contributed by atoms with Crippen molar-refractivity contribution in [3.05, 3.63) is 47.5 Å². The number of azo groups is 1. The molecule has 0 atom stereocenters. The van der Waals surface area contributed by atoms with Crippen molar-refractivity contribution in [2.45, 2.75) is 88.3 Å². The van der Waals surface area contributed by atoms with Crippen LogP contribution in [0.25, 0.3) is 10.8 Å². The van der Waals surface area contributed by atoms with Crippen molar-refractivity contribution < 1.29 is 30.4 Å². The van der Waals surface area contributed by atoms with E-state index in [-0.39, 0.29) is 46.8 Å². The van der Waals surface area contributed by atoms with Crippen molar-refractivity contribution in [1.29, 1.82) is 0 Å². The van der Waals surface area contributed by atoms with Gasteiger partial charge in [-0.3, -0.25) is 4.72 Å². The summed E-state index contributed by atoms with van der Waals surface area (Å²) >= 11 is 5.95. The van der Waals surface area contributed by atoms with Gasteiger partial charge in [0.05, 0.1) is 33.2 Å². The van der Waals surface area contributed by atoms with Crippen LogP contribution in [0.15, 0.2) is 62.5 Å². The molecule has 17 heteroatoms. The minimum absolute atomic E-state index is 0. The predicted molar refractivity (Wildman–Crippen MR) is 202 cm³/mol. The summed E-state index contributed by atoms with van der Waals surface area (Å²) in [6, 6.07) is 8.84. The van der Waals surface area contributed by atoms with Crippen LogP contribution >= 0.6 is 11.6 Å². The fraction of sp³-hybridized carbons (Fsp3) is 0.515. The van der Waals surface area contributed by atoms with Crippen LogP contribution < -0.4 is 19.7 Å². The van der Waals surface area contributed by atoms with Crippen molar-refractivity contribution in [2.75, 3.05) is 38.7 Å². The summed E-state index contributed by atoms with van der Waals surface area (Å²) in [6.45, 7) is 2.31. The number of hydrogen-bond donors (Lipinski definition) is 3. The number of benzene rings is 3. The Balaban J connectivity index is 0.00000237. The zero-order valence-corrected chi connectivity index (χ0v) is 31.9. The second-order valence-electron chi connectivity index (χ2n) is 12.1. The molecule has 0 spiro atoms. The van der Waals surface area contributed by atoms with Gasteiger partial charge in [-0.2, -0.15) is 5.11 Å². The van der Waals surface area contributed by atoms with E-state index in [0.29, 0.717) is 6.42 Å². The van der Waals surface area contributed by atoms with Gasteiger partial charge >= 0.3 is 0 Å². The molecule has 0 heterocycles. The Bertz CT molecular complexity index is 1900. The number of anilines is 1. The Morgan fingerprint density at radius 3 is 1.92 bits per heavy atom. The summed E-state index contributed by atoms with van der Waals surface area (Å²) in [6.07, 6.45) is 11.7. The number of halogens is 1. The van der Waals surface area contributed by atoms with Gasteiger partial charge in [0, 0.05) is 11.9 Å². The summed E-state index contributed by atoms with van der Waals surface area (Å²) in [7, 11) is -6.30. The normalized spacial score (nSPS) is 12.2. The van der Waals surface area contributed by atoms with Crippen molar-refractivity contribution >= 4 is 69.5 Å². The van der Waals surface area contributed by atoms with Crippen LogP contribution in [0.2, 0.25) is 5.02 Å². The maximum Gasteiger partial charge on any atom is 0.240 e. The lowest BCUT2D eigenvalue weighted by molar-refractivity contribution is -0.269. The number of sulfonamides is 3. The summed E-state index contributed by atoms with van der Waals surface area (Å²) in [5, 5.41) is 26.5. The number of primary sulfonamides is 1.